The molecule has 6 aromatic rings. The first-order valence-corrected chi connectivity index (χ1v) is 21.3. The van der Waals surface area contributed by atoms with Gasteiger partial charge in [0.1, 0.15) is 41.0 Å². The number of nitrogens with zero attached hydrogens (tertiary/aromatic N) is 14. The molecule has 64 heavy (non-hydrogen) atoms. The first-order valence-electron chi connectivity index (χ1n) is 21.3. The van der Waals surface area contributed by atoms with Crippen molar-refractivity contribution in [3.05, 3.63) is 72.1 Å². The molecule has 2 fully saturated rings. The highest BCUT2D eigenvalue weighted by Crippen LogP contribution is 2.37. The summed E-state index contributed by atoms with van der Waals surface area (Å²) in [5.74, 6) is -0.564. The lowest BCUT2D eigenvalue weighted by Crippen LogP contribution is -2.49. The van der Waals surface area contributed by atoms with Gasteiger partial charge in [0.2, 0.25) is 17.8 Å². The number of likely N-dealkylation sites (N-methyl/N-ethyl adjacent to an activating group) is 1. The Balaban J connectivity index is 1.17. The minimum atomic E-state index is -0.832. The Hall–Kier alpha value is -6.99. The quantitative estimate of drug-likeness (QED) is 0.0635. The summed E-state index contributed by atoms with van der Waals surface area (Å²) in [4.78, 5) is 48.7. The first kappa shape index (κ1) is 42.3. The van der Waals surface area contributed by atoms with E-state index < -0.39 is 35.6 Å². The highest BCUT2D eigenvalue weighted by Gasteiger charge is 2.42. The zero-order valence-electron chi connectivity index (χ0n) is 35.9. The molecule has 0 radical (unpaired) electrons. The number of hydrogen-bond acceptors (Lipinski definition) is 13. The van der Waals surface area contributed by atoms with Gasteiger partial charge in [-0.3, -0.25) is 10.2 Å². The topological polar surface area (TPSA) is 189 Å². The molecule has 9 rings (SSSR count). The number of halogens is 3. The van der Waals surface area contributed by atoms with Crippen molar-refractivity contribution < 1.29 is 27.5 Å². The maximum atomic E-state index is 15.5. The van der Waals surface area contributed by atoms with Crippen LogP contribution in [-0.4, -0.2) is 136 Å². The molecule has 1 amide bonds. The summed E-state index contributed by atoms with van der Waals surface area (Å²) in [6.07, 6.45) is 5.98. The third-order valence-corrected chi connectivity index (χ3v) is 12.4. The Morgan fingerprint density at radius 1 is 1.05 bits per heavy atom. The van der Waals surface area contributed by atoms with Crippen molar-refractivity contribution in [1.82, 2.24) is 49.2 Å². The van der Waals surface area contributed by atoms with E-state index in [0.29, 0.717) is 90.6 Å². The number of benzene rings is 2. The lowest BCUT2D eigenvalue weighted by atomic mass is 9.95. The first-order chi connectivity index (χ1) is 31.0. The number of piperidine rings is 1. The second-order valence-corrected chi connectivity index (χ2v) is 16.3. The second kappa shape index (κ2) is 17.3. The van der Waals surface area contributed by atoms with Crippen molar-refractivity contribution in [3.8, 4) is 16.9 Å². The van der Waals surface area contributed by atoms with E-state index in [2.05, 4.69) is 37.0 Å². The summed E-state index contributed by atoms with van der Waals surface area (Å²) in [7, 11) is 1.75. The van der Waals surface area contributed by atoms with E-state index in [1.165, 1.54) is 34.1 Å². The molecule has 3 aliphatic heterocycles. The molecule has 5 atom stereocenters. The molecule has 0 spiro atoms. The van der Waals surface area contributed by atoms with Gasteiger partial charge in [0.25, 0.3) is 0 Å². The monoisotopic (exact) mass is 877 g/mol. The van der Waals surface area contributed by atoms with Gasteiger partial charge in [0.15, 0.2) is 29.7 Å². The Morgan fingerprint density at radius 2 is 1.89 bits per heavy atom. The number of anilines is 3. The number of hydrogen-bond donors (Lipinski definition) is 2. The Bertz CT molecular complexity index is 2810. The number of carbonyl (C=O) groups is 1. The van der Waals surface area contributed by atoms with Gasteiger partial charge in [-0.2, -0.15) is 15.1 Å². The highest BCUT2D eigenvalue weighted by atomic mass is 19.1. The summed E-state index contributed by atoms with van der Waals surface area (Å²) < 4.78 is 54.6. The number of aromatic nitrogens is 8. The van der Waals surface area contributed by atoms with Gasteiger partial charge in [-0.05, 0) is 51.0 Å². The Labute approximate surface area is 366 Å². The molecule has 4 aromatic heterocycles. The second-order valence-electron chi connectivity index (χ2n) is 16.3. The number of fused-ring (bicyclic) bond motifs is 6. The lowest BCUT2D eigenvalue weighted by molar-refractivity contribution is -0.133. The fourth-order valence-corrected chi connectivity index (χ4v) is 9.45. The molecule has 2 saturated heterocycles. The lowest BCUT2D eigenvalue weighted by Gasteiger charge is -2.39. The van der Waals surface area contributed by atoms with E-state index in [9.17, 15) is 4.39 Å². The molecule has 2 N–H and O–H groups in total. The number of imidazole rings is 1. The molecule has 2 aromatic carbocycles. The standard InChI is InChI=1S/C43H48F3N16O2/c1-6-28-18-29(61(23-47)56-48-4)11-13-58(28)43-54-39(32-19-50-62(40(32)55-43)36-9-8-25(44)15-33(36)46)60-20-27-17-37(60)41(63)57(5)21-30(64-7-2)22-59-24(3)51-35-16-26(45)14-31(38(35)59)34-10-12-49-42(52-27)53-34/h8-10,12,14-16,19,23,27-30,37,47H,4,6-7,11,13,17-18,20-22H2,1-3,5H3,(H,49,52,53)/q+1/t27-,28-,29?,30-,37-/m0/s1. The maximum Gasteiger partial charge on any atom is 0.245 e. The van der Waals surface area contributed by atoms with E-state index in [1.807, 2.05) is 30.2 Å². The summed E-state index contributed by atoms with van der Waals surface area (Å²) in [5, 5.41) is 21.9. The third-order valence-electron chi connectivity index (χ3n) is 12.4. The van der Waals surface area contributed by atoms with Gasteiger partial charge in [0.05, 0.1) is 41.0 Å². The number of carbonyl (C=O) groups excluding carboxylic acids is 1. The predicted octanol–water partition coefficient (Wildman–Crippen LogP) is 5.22. The van der Waals surface area contributed by atoms with Crippen LogP contribution in [0.2, 0.25) is 0 Å². The Morgan fingerprint density at radius 3 is 2.66 bits per heavy atom. The number of rotatable bonds is 9. The largest absolute Gasteiger partial charge is 0.375 e. The van der Waals surface area contributed by atoms with Crippen molar-refractivity contribution in [1.29, 1.82) is 5.41 Å². The summed E-state index contributed by atoms with van der Waals surface area (Å²) in [5.41, 5.74) is 2.44. The molecule has 7 heterocycles. The number of amides is 1. The zero-order valence-corrected chi connectivity index (χ0v) is 35.9. The zero-order chi connectivity index (χ0) is 44.8. The molecule has 18 nitrogen and oxygen atoms in total. The molecule has 4 bridgehead atoms. The van der Waals surface area contributed by atoms with Gasteiger partial charge in [-0.25, -0.2) is 32.8 Å². The van der Waals surface area contributed by atoms with E-state index in [0.717, 1.165) is 18.5 Å². The maximum absolute atomic E-state index is 15.5. The van der Waals surface area contributed by atoms with Crippen LogP contribution in [0.15, 0.2) is 54.0 Å². The van der Waals surface area contributed by atoms with E-state index in [-0.39, 0.29) is 48.4 Å². The van der Waals surface area contributed by atoms with Crippen LogP contribution >= 0.6 is 0 Å². The molecule has 3 aliphatic rings. The van der Waals surface area contributed by atoms with Crippen LogP contribution in [0.5, 0.6) is 0 Å². The van der Waals surface area contributed by atoms with Gasteiger partial charge in [0, 0.05) is 82.1 Å². The van der Waals surface area contributed by atoms with Gasteiger partial charge in [-0.15, -0.1) is 5.01 Å². The smallest absolute Gasteiger partial charge is 0.245 e. The van der Waals surface area contributed by atoms with Crippen molar-refractivity contribution in [2.24, 2.45) is 5.22 Å². The average Bonchev–Trinajstić information content (AvgIpc) is 3.99. The van der Waals surface area contributed by atoms with Crippen molar-refractivity contribution >= 4 is 58.7 Å². The predicted molar refractivity (Wildman–Crippen MR) is 233 cm³/mol. The van der Waals surface area contributed by atoms with E-state index in [1.54, 1.807) is 24.2 Å². The van der Waals surface area contributed by atoms with Gasteiger partial charge in [-0.1, -0.05) is 11.7 Å². The number of nitrogens with one attached hydrogen (secondary N) is 2. The third kappa shape index (κ3) is 7.74. The number of aryl methyl sites for hydroxylation is 1. The number of ether oxygens (including phenoxy) is 1. The fourth-order valence-electron chi connectivity index (χ4n) is 9.45. The SMILES string of the molecule is C=[N+]=NN(C=N)C1CCN(c2nc(N3C[C@@H]4C[C@H]3C(=O)N(C)C[C@H](OCC)Cn3c(C)nc5cc(F)cc(c53)-c3ccnc(n3)N4)c3cnn(-c4ccc(F)cc4F)c3n2)[C@@H](CC)C1. The van der Waals surface area contributed by atoms with Crippen LogP contribution in [0, 0.1) is 29.8 Å². The minimum Gasteiger partial charge on any atom is -0.375 e. The van der Waals surface area contributed by atoms with Gasteiger partial charge < -0.3 is 29.3 Å². The minimum absolute atomic E-state index is 0.0152. The van der Waals surface area contributed by atoms with Crippen LogP contribution in [0.25, 0.3) is 39.0 Å². The summed E-state index contributed by atoms with van der Waals surface area (Å²) in [6.45, 7) is 10.9. The van der Waals surface area contributed by atoms with Crippen molar-refractivity contribution in [2.75, 3.05) is 48.4 Å². The summed E-state index contributed by atoms with van der Waals surface area (Å²) in [6, 6.07) is 6.42. The van der Waals surface area contributed by atoms with Crippen LogP contribution < -0.4 is 15.1 Å². The molecular formula is C43H48F3N16O2+. The van der Waals surface area contributed by atoms with E-state index in [4.69, 9.17) is 30.1 Å². The van der Waals surface area contributed by atoms with E-state index >= 15 is 13.6 Å². The molecule has 0 saturated carbocycles. The highest BCUT2D eigenvalue weighted by molar-refractivity contribution is 5.94. The van der Waals surface area contributed by atoms with Crippen LogP contribution in [0.1, 0.15) is 45.4 Å². The normalized spacial score (nSPS) is 21.4. The van der Waals surface area contributed by atoms with Crippen LogP contribution in [0.3, 0.4) is 0 Å². The van der Waals surface area contributed by atoms with Crippen molar-refractivity contribution in [2.45, 2.75) is 83.3 Å². The average molecular weight is 878 g/mol. The molecule has 332 valence electrons. The summed E-state index contributed by atoms with van der Waals surface area (Å²) >= 11 is 0. The van der Waals surface area contributed by atoms with Crippen LogP contribution in [-0.2, 0) is 16.1 Å². The fraction of sp³-hybridized carbons (Fsp3) is 0.419. The molecular weight excluding hydrogens is 830 g/mol. The molecule has 0 aliphatic carbocycles. The van der Waals surface area contributed by atoms with Crippen molar-refractivity contribution in [3.63, 3.8) is 0 Å². The van der Waals surface area contributed by atoms with Crippen LogP contribution in [0.4, 0.5) is 30.9 Å². The molecule has 1 unspecified atom stereocenters. The Kier molecular flexibility index (Phi) is 11.4. The molecule has 21 heteroatoms. The van der Waals surface area contributed by atoms with Gasteiger partial charge >= 0.3 is 0 Å².